The highest BCUT2D eigenvalue weighted by Gasteiger charge is 2.36. The van der Waals surface area contributed by atoms with Crippen molar-refractivity contribution in [3.63, 3.8) is 0 Å². The molecule has 0 saturated heterocycles. The van der Waals surface area contributed by atoms with Crippen molar-refractivity contribution in [2.24, 2.45) is 5.41 Å². The van der Waals surface area contributed by atoms with Gasteiger partial charge in [-0.05, 0) is 43.3 Å². The summed E-state index contributed by atoms with van der Waals surface area (Å²) in [4.78, 5) is 11.8. The van der Waals surface area contributed by atoms with Crippen molar-refractivity contribution in [1.29, 1.82) is 0 Å². The molecule has 0 bridgehead atoms. The number of carbonyl (C=O) groups excluding carboxylic acids is 1. The van der Waals surface area contributed by atoms with E-state index in [2.05, 4.69) is 39.8 Å². The summed E-state index contributed by atoms with van der Waals surface area (Å²) in [7, 11) is 0. The SMILES string of the molecule is CC/C=C(C)/C=C/C1=C(C)C(=O)[C@@H](O)CC1(C)C. The predicted molar refractivity (Wildman–Crippen MR) is 75.3 cm³/mol. The lowest BCUT2D eigenvalue weighted by molar-refractivity contribution is -0.125. The highest BCUT2D eigenvalue weighted by atomic mass is 16.3. The molecule has 0 saturated carbocycles. The molecule has 0 spiro atoms. The Morgan fingerprint density at radius 1 is 1.50 bits per heavy atom. The lowest BCUT2D eigenvalue weighted by Crippen LogP contribution is -2.35. The van der Waals surface area contributed by atoms with Crippen LogP contribution in [0.5, 0.6) is 0 Å². The van der Waals surface area contributed by atoms with Crippen LogP contribution in [-0.2, 0) is 4.79 Å². The van der Waals surface area contributed by atoms with E-state index in [0.29, 0.717) is 12.0 Å². The molecule has 2 nitrogen and oxygen atoms in total. The van der Waals surface area contributed by atoms with Crippen molar-refractivity contribution in [2.75, 3.05) is 0 Å². The van der Waals surface area contributed by atoms with E-state index in [9.17, 15) is 9.90 Å². The maximum Gasteiger partial charge on any atom is 0.187 e. The Labute approximate surface area is 110 Å². The monoisotopic (exact) mass is 248 g/mol. The lowest BCUT2D eigenvalue weighted by atomic mass is 9.71. The molecule has 0 aromatic rings. The number of aliphatic hydroxyl groups excluding tert-OH is 1. The normalized spacial score (nSPS) is 25.1. The molecule has 0 unspecified atom stereocenters. The van der Waals surface area contributed by atoms with Gasteiger partial charge in [-0.1, -0.05) is 44.6 Å². The van der Waals surface area contributed by atoms with E-state index in [1.165, 1.54) is 5.57 Å². The maximum atomic E-state index is 11.8. The zero-order valence-electron chi connectivity index (χ0n) is 12.1. The third kappa shape index (κ3) is 3.20. The standard InChI is InChI=1S/C16H24O2/c1-6-7-11(2)8-9-13-12(3)15(18)14(17)10-16(13,4)5/h7-9,14,17H,6,10H2,1-5H3/b9-8+,11-7+/t14-/m0/s1. The third-order valence-corrected chi connectivity index (χ3v) is 3.55. The van der Waals surface area contributed by atoms with Crippen molar-refractivity contribution < 1.29 is 9.90 Å². The molecule has 0 aromatic heterocycles. The summed E-state index contributed by atoms with van der Waals surface area (Å²) in [6.07, 6.45) is 6.90. The first-order valence-corrected chi connectivity index (χ1v) is 6.58. The van der Waals surface area contributed by atoms with Crippen LogP contribution in [0.3, 0.4) is 0 Å². The molecule has 0 heterocycles. The molecule has 1 aliphatic carbocycles. The van der Waals surface area contributed by atoms with E-state index < -0.39 is 6.10 Å². The van der Waals surface area contributed by atoms with E-state index >= 15 is 0 Å². The maximum absolute atomic E-state index is 11.8. The van der Waals surface area contributed by atoms with Crippen LogP contribution < -0.4 is 0 Å². The first-order chi connectivity index (χ1) is 8.29. The fourth-order valence-electron chi connectivity index (χ4n) is 2.53. The van der Waals surface area contributed by atoms with Crippen molar-refractivity contribution in [2.45, 2.75) is 53.6 Å². The fourth-order valence-corrected chi connectivity index (χ4v) is 2.53. The summed E-state index contributed by atoms with van der Waals surface area (Å²) in [5.74, 6) is -0.133. The average Bonchev–Trinajstić information content (AvgIpc) is 2.25. The number of ketones is 1. The number of allylic oxidation sites excluding steroid dienone is 5. The van der Waals surface area contributed by atoms with Crippen LogP contribution in [-0.4, -0.2) is 17.0 Å². The van der Waals surface area contributed by atoms with Crippen LogP contribution >= 0.6 is 0 Å². The van der Waals surface area contributed by atoms with Crippen LogP contribution in [0.4, 0.5) is 0 Å². The second-order valence-electron chi connectivity index (χ2n) is 5.70. The predicted octanol–water partition coefficient (Wildman–Crippen LogP) is 3.58. The van der Waals surface area contributed by atoms with E-state index in [1.54, 1.807) is 0 Å². The summed E-state index contributed by atoms with van der Waals surface area (Å²) < 4.78 is 0. The summed E-state index contributed by atoms with van der Waals surface area (Å²) in [5.41, 5.74) is 2.79. The molecule has 1 atom stereocenters. The van der Waals surface area contributed by atoms with Gasteiger partial charge in [0, 0.05) is 0 Å². The van der Waals surface area contributed by atoms with Crippen molar-refractivity contribution >= 4 is 5.78 Å². The minimum atomic E-state index is -0.843. The van der Waals surface area contributed by atoms with E-state index in [-0.39, 0.29) is 11.2 Å². The van der Waals surface area contributed by atoms with Gasteiger partial charge < -0.3 is 5.11 Å². The summed E-state index contributed by atoms with van der Waals surface area (Å²) >= 11 is 0. The van der Waals surface area contributed by atoms with Crippen LogP contribution in [0.15, 0.2) is 34.9 Å². The molecular formula is C16H24O2. The summed E-state index contributed by atoms with van der Waals surface area (Å²) in [5, 5.41) is 9.74. The fraction of sp³-hybridized carbons (Fsp3) is 0.562. The van der Waals surface area contributed by atoms with Gasteiger partial charge in [-0.15, -0.1) is 0 Å². The molecule has 1 N–H and O–H groups in total. The largest absolute Gasteiger partial charge is 0.385 e. The Bertz CT molecular complexity index is 422. The molecule has 0 radical (unpaired) electrons. The zero-order valence-corrected chi connectivity index (χ0v) is 12.1. The Morgan fingerprint density at radius 3 is 2.67 bits per heavy atom. The van der Waals surface area contributed by atoms with E-state index in [0.717, 1.165) is 12.0 Å². The number of carbonyl (C=O) groups is 1. The quantitative estimate of drug-likeness (QED) is 0.775. The number of rotatable bonds is 3. The molecule has 1 aliphatic rings. The van der Waals surface area contributed by atoms with Gasteiger partial charge in [0.2, 0.25) is 0 Å². The van der Waals surface area contributed by atoms with Crippen molar-refractivity contribution in [3.8, 4) is 0 Å². The number of hydrogen-bond donors (Lipinski definition) is 1. The minimum absolute atomic E-state index is 0.133. The molecule has 1 rings (SSSR count). The van der Waals surface area contributed by atoms with Crippen molar-refractivity contribution in [1.82, 2.24) is 0 Å². The van der Waals surface area contributed by atoms with Crippen LogP contribution in [0.2, 0.25) is 0 Å². The van der Waals surface area contributed by atoms with Gasteiger partial charge in [0.15, 0.2) is 5.78 Å². The van der Waals surface area contributed by atoms with Gasteiger partial charge >= 0.3 is 0 Å². The topological polar surface area (TPSA) is 37.3 Å². The Kier molecular flexibility index (Phi) is 4.69. The van der Waals surface area contributed by atoms with Gasteiger partial charge in [-0.25, -0.2) is 0 Å². The molecule has 0 aromatic carbocycles. The van der Waals surface area contributed by atoms with Crippen LogP contribution in [0, 0.1) is 5.41 Å². The Morgan fingerprint density at radius 2 is 2.11 bits per heavy atom. The average molecular weight is 248 g/mol. The Balaban J connectivity index is 3.11. The van der Waals surface area contributed by atoms with Gasteiger partial charge in [0.05, 0.1) is 0 Å². The second kappa shape index (κ2) is 5.66. The van der Waals surface area contributed by atoms with Crippen molar-refractivity contribution in [3.05, 3.63) is 34.9 Å². The van der Waals surface area contributed by atoms with Gasteiger partial charge in [-0.2, -0.15) is 0 Å². The van der Waals surface area contributed by atoms with Gasteiger partial charge in [-0.3, -0.25) is 4.79 Å². The highest BCUT2D eigenvalue weighted by Crippen LogP contribution is 2.39. The third-order valence-electron chi connectivity index (χ3n) is 3.55. The van der Waals surface area contributed by atoms with Gasteiger partial charge in [0.1, 0.15) is 6.10 Å². The smallest absolute Gasteiger partial charge is 0.187 e. The van der Waals surface area contributed by atoms with Gasteiger partial charge in [0.25, 0.3) is 0 Å². The summed E-state index contributed by atoms with van der Waals surface area (Å²) in [6, 6.07) is 0. The first kappa shape index (κ1) is 14.9. The summed E-state index contributed by atoms with van der Waals surface area (Å²) in [6.45, 7) is 10.1. The molecule has 0 amide bonds. The number of aliphatic hydroxyl groups is 1. The second-order valence-corrected chi connectivity index (χ2v) is 5.70. The van der Waals surface area contributed by atoms with E-state index in [4.69, 9.17) is 0 Å². The Hall–Kier alpha value is -1.15. The van der Waals surface area contributed by atoms with Crippen LogP contribution in [0.25, 0.3) is 0 Å². The number of Topliss-reactive ketones (excluding diaryl/α,β-unsaturated/α-hetero) is 1. The molecule has 100 valence electrons. The van der Waals surface area contributed by atoms with E-state index in [1.807, 2.05) is 13.0 Å². The highest BCUT2D eigenvalue weighted by molar-refractivity contribution is 6.00. The lowest BCUT2D eigenvalue weighted by Gasteiger charge is -2.34. The molecule has 0 aliphatic heterocycles. The molecule has 2 heteroatoms. The molecule has 0 fully saturated rings. The first-order valence-electron chi connectivity index (χ1n) is 6.58. The van der Waals surface area contributed by atoms with Crippen LogP contribution in [0.1, 0.15) is 47.5 Å². The molecular weight excluding hydrogens is 224 g/mol. The molecule has 18 heavy (non-hydrogen) atoms. The zero-order chi connectivity index (χ0) is 13.9. The number of hydrogen-bond acceptors (Lipinski definition) is 2. The minimum Gasteiger partial charge on any atom is -0.385 e.